The number of rotatable bonds is 8. The summed E-state index contributed by atoms with van der Waals surface area (Å²) >= 11 is 0. The lowest BCUT2D eigenvalue weighted by atomic mass is 10.0. The Kier molecular flexibility index (Phi) is 9.01. The molecule has 160 valence electrons. The van der Waals surface area contributed by atoms with Gasteiger partial charge >= 0.3 is 0 Å². The van der Waals surface area contributed by atoms with Crippen molar-refractivity contribution in [3.8, 4) is 5.75 Å². The lowest BCUT2D eigenvalue weighted by Crippen LogP contribution is -2.44. The molecule has 7 heteroatoms. The van der Waals surface area contributed by atoms with Crippen LogP contribution in [0.15, 0.2) is 41.0 Å². The van der Waals surface area contributed by atoms with Crippen LogP contribution < -0.4 is 10.1 Å². The van der Waals surface area contributed by atoms with Crippen molar-refractivity contribution in [3.63, 3.8) is 0 Å². The highest BCUT2D eigenvalue weighted by atomic mass is 35.5. The zero-order valence-corrected chi connectivity index (χ0v) is 18.2. The zero-order chi connectivity index (χ0) is 19.9. The molecule has 29 heavy (non-hydrogen) atoms. The SMILES string of the molecule is Cc1ccc(C(C)C)c(OCC(=O)NCC(c2ccco2)N2CCOCC2)c1.Cl. The van der Waals surface area contributed by atoms with E-state index in [1.165, 1.54) is 0 Å². The van der Waals surface area contributed by atoms with Crippen LogP contribution in [0, 0.1) is 6.92 Å². The molecular formula is C22H31ClN2O4. The Labute approximate surface area is 179 Å². The zero-order valence-electron chi connectivity index (χ0n) is 17.3. The fourth-order valence-corrected chi connectivity index (χ4v) is 3.43. The van der Waals surface area contributed by atoms with Crippen molar-refractivity contribution in [1.82, 2.24) is 10.2 Å². The summed E-state index contributed by atoms with van der Waals surface area (Å²) in [7, 11) is 0. The molecule has 0 aliphatic carbocycles. The standard InChI is InChI=1S/C22H30N2O4.ClH/c1-16(2)18-7-6-17(3)13-21(18)28-15-22(25)23-14-19(20-5-4-10-27-20)24-8-11-26-12-9-24;/h4-7,10,13,16,19H,8-9,11-12,14-15H2,1-3H3,(H,23,25);1H. The molecule has 0 radical (unpaired) electrons. The van der Waals surface area contributed by atoms with E-state index in [4.69, 9.17) is 13.9 Å². The summed E-state index contributed by atoms with van der Waals surface area (Å²) in [6.07, 6.45) is 1.67. The van der Waals surface area contributed by atoms with Crippen molar-refractivity contribution in [2.75, 3.05) is 39.5 Å². The van der Waals surface area contributed by atoms with Gasteiger partial charge in [0, 0.05) is 19.6 Å². The van der Waals surface area contributed by atoms with Crippen LogP contribution in [-0.4, -0.2) is 50.3 Å². The van der Waals surface area contributed by atoms with E-state index in [0.717, 1.165) is 35.7 Å². The van der Waals surface area contributed by atoms with E-state index in [9.17, 15) is 4.79 Å². The first-order valence-electron chi connectivity index (χ1n) is 9.90. The summed E-state index contributed by atoms with van der Waals surface area (Å²) in [4.78, 5) is 14.7. The number of carbonyl (C=O) groups is 1. The number of morpholine rings is 1. The van der Waals surface area contributed by atoms with Crippen LogP contribution in [0.1, 0.15) is 42.7 Å². The molecule has 6 nitrogen and oxygen atoms in total. The number of hydrogen-bond acceptors (Lipinski definition) is 5. The molecule has 0 spiro atoms. The van der Waals surface area contributed by atoms with Gasteiger partial charge in [-0.05, 0) is 42.2 Å². The minimum atomic E-state index is -0.138. The van der Waals surface area contributed by atoms with Crippen LogP contribution in [0.4, 0.5) is 0 Å². The summed E-state index contributed by atoms with van der Waals surface area (Å²) in [5.41, 5.74) is 2.23. The van der Waals surface area contributed by atoms with Gasteiger partial charge in [-0.1, -0.05) is 26.0 Å². The summed E-state index contributed by atoms with van der Waals surface area (Å²) in [6, 6.07) is 9.94. The van der Waals surface area contributed by atoms with Gasteiger partial charge in [0.15, 0.2) is 6.61 Å². The maximum Gasteiger partial charge on any atom is 0.258 e. The number of ether oxygens (including phenoxy) is 2. The largest absolute Gasteiger partial charge is 0.483 e. The van der Waals surface area contributed by atoms with E-state index in [-0.39, 0.29) is 31.0 Å². The summed E-state index contributed by atoms with van der Waals surface area (Å²) in [5.74, 6) is 1.83. The van der Waals surface area contributed by atoms with Crippen LogP contribution in [0.5, 0.6) is 5.75 Å². The van der Waals surface area contributed by atoms with Crippen molar-refractivity contribution in [3.05, 3.63) is 53.5 Å². The first-order valence-corrected chi connectivity index (χ1v) is 9.90. The average Bonchev–Trinajstić information content (AvgIpc) is 3.21. The second-order valence-corrected chi connectivity index (χ2v) is 7.47. The Balaban J connectivity index is 0.00000300. The molecule has 2 aromatic rings. The van der Waals surface area contributed by atoms with Crippen LogP contribution in [0.25, 0.3) is 0 Å². The number of nitrogens with one attached hydrogen (secondary N) is 1. The molecule has 1 atom stereocenters. The lowest BCUT2D eigenvalue weighted by Gasteiger charge is -2.33. The number of furan rings is 1. The van der Waals surface area contributed by atoms with Crippen LogP contribution in [0.2, 0.25) is 0 Å². The molecule has 1 fully saturated rings. The third-order valence-corrected chi connectivity index (χ3v) is 5.00. The van der Waals surface area contributed by atoms with Crippen LogP contribution in [-0.2, 0) is 9.53 Å². The minimum absolute atomic E-state index is 0. The third kappa shape index (κ3) is 6.49. The Morgan fingerprint density at radius 2 is 2.00 bits per heavy atom. The van der Waals surface area contributed by atoms with E-state index in [0.29, 0.717) is 25.7 Å². The summed E-state index contributed by atoms with van der Waals surface area (Å²) in [6.45, 7) is 9.75. The molecule has 1 aromatic heterocycles. The van der Waals surface area contributed by atoms with E-state index < -0.39 is 0 Å². The van der Waals surface area contributed by atoms with E-state index in [2.05, 4.69) is 36.2 Å². The third-order valence-electron chi connectivity index (χ3n) is 5.00. The normalized spacial score (nSPS) is 15.6. The molecule has 0 bridgehead atoms. The van der Waals surface area contributed by atoms with Gasteiger partial charge in [0.05, 0.1) is 25.5 Å². The molecule has 2 heterocycles. The molecule has 1 saturated heterocycles. The molecular weight excluding hydrogens is 392 g/mol. The van der Waals surface area contributed by atoms with Crippen molar-refractivity contribution in [1.29, 1.82) is 0 Å². The molecule has 1 amide bonds. The Morgan fingerprint density at radius 1 is 1.24 bits per heavy atom. The van der Waals surface area contributed by atoms with Gasteiger partial charge in [-0.2, -0.15) is 0 Å². The number of benzene rings is 1. The second kappa shape index (κ2) is 11.2. The van der Waals surface area contributed by atoms with Gasteiger partial charge in [-0.3, -0.25) is 9.69 Å². The molecule has 1 unspecified atom stereocenters. The lowest BCUT2D eigenvalue weighted by molar-refractivity contribution is -0.123. The number of nitrogens with zero attached hydrogens (tertiary/aromatic N) is 1. The second-order valence-electron chi connectivity index (χ2n) is 7.47. The van der Waals surface area contributed by atoms with Gasteiger partial charge in [-0.15, -0.1) is 12.4 Å². The maximum atomic E-state index is 12.4. The maximum absolute atomic E-state index is 12.4. The number of amides is 1. The number of carbonyl (C=O) groups excluding carboxylic acids is 1. The smallest absolute Gasteiger partial charge is 0.258 e. The predicted octanol–water partition coefficient (Wildman–Crippen LogP) is 3.70. The molecule has 3 rings (SSSR count). The van der Waals surface area contributed by atoms with E-state index in [1.54, 1.807) is 6.26 Å². The van der Waals surface area contributed by atoms with Gasteiger partial charge in [0.25, 0.3) is 5.91 Å². The van der Waals surface area contributed by atoms with Gasteiger partial charge < -0.3 is 19.2 Å². The Morgan fingerprint density at radius 3 is 2.66 bits per heavy atom. The molecule has 0 saturated carbocycles. The molecule has 1 aromatic carbocycles. The topological polar surface area (TPSA) is 63.9 Å². The summed E-state index contributed by atoms with van der Waals surface area (Å²) in [5, 5.41) is 3.00. The minimum Gasteiger partial charge on any atom is -0.483 e. The van der Waals surface area contributed by atoms with Gasteiger partial charge in [0.2, 0.25) is 0 Å². The van der Waals surface area contributed by atoms with Crippen molar-refractivity contribution >= 4 is 18.3 Å². The van der Waals surface area contributed by atoms with Gasteiger partial charge in [0.1, 0.15) is 11.5 Å². The summed E-state index contributed by atoms with van der Waals surface area (Å²) < 4.78 is 16.9. The first kappa shape index (κ1) is 23.3. The fraction of sp³-hybridized carbons (Fsp3) is 0.500. The Bertz CT molecular complexity index is 758. The highest BCUT2D eigenvalue weighted by molar-refractivity contribution is 5.85. The monoisotopic (exact) mass is 422 g/mol. The van der Waals surface area contributed by atoms with Gasteiger partial charge in [-0.25, -0.2) is 0 Å². The van der Waals surface area contributed by atoms with Crippen molar-refractivity contribution < 1.29 is 18.7 Å². The molecule has 1 N–H and O–H groups in total. The van der Waals surface area contributed by atoms with Crippen LogP contribution >= 0.6 is 12.4 Å². The number of halogens is 1. The first-order chi connectivity index (χ1) is 13.5. The molecule has 1 aliphatic rings. The van der Waals surface area contributed by atoms with E-state index in [1.807, 2.05) is 25.1 Å². The van der Waals surface area contributed by atoms with Crippen molar-refractivity contribution in [2.45, 2.75) is 32.7 Å². The highest BCUT2D eigenvalue weighted by Gasteiger charge is 2.25. The van der Waals surface area contributed by atoms with E-state index >= 15 is 0 Å². The average molecular weight is 423 g/mol. The highest BCUT2D eigenvalue weighted by Crippen LogP contribution is 2.27. The number of aryl methyl sites for hydroxylation is 1. The Hall–Kier alpha value is -2.02. The quantitative estimate of drug-likeness (QED) is 0.702. The fourth-order valence-electron chi connectivity index (χ4n) is 3.43. The predicted molar refractivity (Wildman–Crippen MR) is 115 cm³/mol. The van der Waals surface area contributed by atoms with Crippen molar-refractivity contribution in [2.24, 2.45) is 0 Å². The number of hydrogen-bond donors (Lipinski definition) is 1. The molecule has 1 aliphatic heterocycles. The van der Waals surface area contributed by atoms with Crippen LogP contribution in [0.3, 0.4) is 0 Å².